The highest BCUT2D eigenvalue weighted by Gasteiger charge is 2.34. The number of hydrogen-bond donors (Lipinski definition) is 1. The Labute approximate surface area is 230 Å². The van der Waals surface area contributed by atoms with Crippen LogP contribution in [0.25, 0.3) is 32.9 Å². The number of anilines is 1. The summed E-state index contributed by atoms with van der Waals surface area (Å²) >= 11 is 6.69. The SMILES string of the molecule is CN1CCC(COc2nc(N3CC4CCC(C3)N4)c3cnc(-c4cccc5cccc(Cl)c45)c(P)c3n2)C1. The number of aromatic nitrogens is 3. The Bertz CT molecular complexity index is 1520. The van der Waals surface area contributed by atoms with Crippen molar-refractivity contribution in [3.63, 3.8) is 0 Å². The molecule has 4 unspecified atom stereocenters. The Balaban J connectivity index is 1.35. The van der Waals surface area contributed by atoms with Gasteiger partial charge in [-0.25, -0.2) is 0 Å². The zero-order valence-electron chi connectivity index (χ0n) is 21.5. The predicted octanol–water partition coefficient (Wildman–Crippen LogP) is 4.27. The summed E-state index contributed by atoms with van der Waals surface area (Å²) in [7, 11) is 5.06. The molecule has 7 rings (SSSR count). The van der Waals surface area contributed by atoms with Crippen molar-refractivity contribution in [3.8, 4) is 17.3 Å². The molecule has 3 saturated heterocycles. The maximum Gasteiger partial charge on any atom is 0.318 e. The largest absolute Gasteiger partial charge is 0.463 e. The number of rotatable bonds is 5. The first-order valence-corrected chi connectivity index (χ1v) is 14.4. The number of halogens is 1. The van der Waals surface area contributed by atoms with Gasteiger partial charge in [0.05, 0.1) is 23.2 Å². The number of pyridine rings is 1. The zero-order valence-corrected chi connectivity index (χ0v) is 23.4. The molecular weight excluding hydrogens is 515 g/mol. The zero-order chi connectivity index (χ0) is 25.8. The second kappa shape index (κ2) is 9.87. The van der Waals surface area contributed by atoms with Crippen molar-refractivity contribution in [2.75, 3.05) is 44.7 Å². The van der Waals surface area contributed by atoms with Crippen LogP contribution in [0, 0.1) is 5.92 Å². The van der Waals surface area contributed by atoms with Crippen molar-refractivity contribution >= 4 is 53.6 Å². The summed E-state index contributed by atoms with van der Waals surface area (Å²) in [6.45, 7) is 4.65. The van der Waals surface area contributed by atoms with Crippen molar-refractivity contribution in [1.29, 1.82) is 0 Å². The maximum absolute atomic E-state index is 6.69. The van der Waals surface area contributed by atoms with E-state index < -0.39 is 0 Å². The van der Waals surface area contributed by atoms with Crippen LogP contribution in [-0.2, 0) is 0 Å². The van der Waals surface area contributed by atoms with Crippen LogP contribution in [0.15, 0.2) is 42.6 Å². The van der Waals surface area contributed by atoms with E-state index in [1.165, 1.54) is 12.8 Å². The third kappa shape index (κ3) is 4.40. The Morgan fingerprint density at radius 1 is 1.05 bits per heavy atom. The Kier molecular flexibility index (Phi) is 6.36. The lowest BCUT2D eigenvalue weighted by Crippen LogP contribution is -2.51. The van der Waals surface area contributed by atoms with Gasteiger partial charge in [-0.05, 0) is 44.3 Å². The van der Waals surface area contributed by atoms with Crippen LogP contribution < -0.4 is 20.3 Å². The van der Waals surface area contributed by atoms with Crippen LogP contribution in [0.1, 0.15) is 19.3 Å². The first-order chi connectivity index (χ1) is 18.5. The van der Waals surface area contributed by atoms with Gasteiger partial charge in [0.25, 0.3) is 0 Å². The van der Waals surface area contributed by atoms with Gasteiger partial charge in [0.1, 0.15) is 5.82 Å². The van der Waals surface area contributed by atoms with E-state index in [0.717, 1.165) is 81.7 Å². The van der Waals surface area contributed by atoms with Gasteiger partial charge in [-0.15, -0.1) is 9.24 Å². The minimum absolute atomic E-state index is 0.449. The van der Waals surface area contributed by atoms with Crippen LogP contribution in [0.5, 0.6) is 6.01 Å². The van der Waals surface area contributed by atoms with Gasteiger partial charge in [0.2, 0.25) is 0 Å². The molecule has 9 heteroatoms. The molecule has 196 valence electrons. The molecule has 2 aromatic carbocycles. The molecule has 0 aliphatic carbocycles. The molecular formula is C29H32ClN6OP. The Morgan fingerprint density at radius 3 is 2.61 bits per heavy atom. The van der Waals surface area contributed by atoms with Crippen LogP contribution in [0.2, 0.25) is 5.02 Å². The van der Waals surface area contributed by atoms with Crippen molar-refractivity contribution in [3.05, 3.63) is 47.6 Å². The molecule has 0 radical (unpaired) electrons. The number of piperazine rings is 1. The van der Waals surface area contributed by atoms with E-state index in [1.807, 2.05) is 18.3 Å². The number of benzene rings is 2. The molecule has 2 bridgehead atoms. The van der Waals surface area contributed by atoms with Crippen LogP contribution in [-0.4, -0.2) is 71.8 Å². The molecule has 3 aliphatic heterocycles. The van der Waals surface area contributed by atoms with Crippen molar-refractivity contribution in [2.24, 2.45) is 5.92 Å². The molecule has 7 nitrogen and oxygen atoms in total. The summed E-state index contributed by atoms with van der Waals surface area (Å²) in [4.78, 5) is 19.7. The van der Waals surface area contributed by atoms with E-state index in [9.17, 15) is 0 Å². The number of ether oxygens (including phenoxy) is 1. The van der Waals surface area contributed by atoms with E-state index in [0.29, 0.717) is 30.6 Å². The third-order valence-corrected chi connectivity index (χ3v) is 9.16. The van der Waals surface area contributed by atoms with Gasteiger partial charge in [-0.3, -0.25) is 4.98 Å². The molecule has 4 atom stereocenters. The molecule has 4 aromatic rings. The summed E-state index contributed by atoms with van der Waals surface area (Å²) in [6.07, 6.45) is 5.50. The van der Waals surface area contributed by atoms with E-state index in [1.54, 1.807) is 0 Å². The predicted molar refractivity (Wildman–Crippen MR) is 158 cm³/mol. The van der Waals surface area contributed by atoms with Gasteiger partial charge in [-0.1, -0.05) is 41.9 Å². The lowest BCUT2D eigenvalue weighted by molar-refractivity contribution is 0.233. The number of likely N-dealkylation sites (tertiary alicyclic amines) is 1. The molecule has 0 saturated carbocycles. The van der Waals surface area contributed by atoms with Gasteiger partial charge >= 0.3 is 6.01 Å². The fourth-order valence-electron chi connectivity index (χ4n) is 6.41. The molecule has 5 heterocycles. The normalized spacial score (nSPS) is 23.6. The van der Waals surface area contributed by atoms with Crippen LogP contribution in [0.4, 0.5) is 5.82 Å². The number of nitrogens with zero attached hydrogens (tertiary/aromatic N) is 5. The lowest BCUT2D eigenvalue weighted by atomic mass is 10.0. The third-order valence-electron chi connectivity index (χ3n) is 8.30. The highest BCUT2D eigenvalue weighted by atomic mass is 35.5. The molecule has 2 aromatic heterocycles. The number of fused-ring (bicyclic) bond motifs is 4. The monoisotopic (exact) mass is 546 g/mol. The topological polar surface area (TPSA) is 66.4 Å². The summed E-state index contributed by atoms with van der Waals surface area (Å²) in [5.41, 5.74) is 2.71. The van der Waals surface area contributed by atoms with Crippen LogP contribution in [0.3, 0.4) is 0 Å². The first kappa shape index (κ1) is 24.5. The van der Waals surface area contributed by atoms with E-state index in [4.69, 9.17) is 31.3 Å². The highest BCUT2D eigenvalue weighted by molar-refractivity contribution is 7.28. The number of hydrogen-bond acceptors (Lipinski definition) is 7. The van der Waals surface area contributed by atoms with Gasteiger partial charge in [-0.2, -0.15) is 9.97 Å². The van der Waals surface area contributed by atoms with E-state index in [-0.39, 0.29) is 0 Å². The molecule has 1 N–H and O–H groups in total. The van der Waals surface area contributed by atoms with Crippen molar-refractivity contribution in [1.82, 2.24) is 25.2 Å². The van der Waals surface area contributed by atoms with Gasteiger partial charge in [0.15, 0.2) is 0 Å². The van der Waals surface area contributed by atoms with Gasteiger partial charge in [0, 0.05) is 65.1 Å². The fourth-order valence-corrected chi connectivity index (χ4v) is 7.14. The van der Waals surface area contributed by atoms with Gasteiger partial charge < -0.3 is 19.9 Å². The second-order valence-corrected chi connectivity index (χ2v) is 12.0. The van der Waals surface area contributed by atoms with Crippen molar-refractivity contribution in [2.45, 2.75) is 31.3 Å². The minimum Gasteiger partial charge on any atom is -0.463 e. The molecule has 3 aliphatic rings. The molecule has 0 amide bonds. The molecule has 38 heavy (non-hydrogen) atoms. The quantitative estimate of drug-likeness (QED) is 0.375. The highest BCUT2D eigenvalue weighted by Crippen LogP contribution is 2.36. The Hall–Kier alpha value is -2.57. The summed E-state index contributed by atoms with van der Waals surface area (Å²) < 4.78 is 6.30. The average molecular weight is 547 g/mol. The molecule has 3 fully saturated rings. The summed E-state index contributed by atoms with van der Waals surface area (Å²) in [5.74, 6) is 1.42. The average Bonchev–Trinajstić information content (AvgIpc) is 3.50. The Morgan fingerprint density at radius 2 is 1.84 bits per heavy atom. The first-order valence-electron chi connectivity index (χ1n) is 13.5. The summed E-state index contributed by atoms with van der Waals surface area (Å²) in [5, 5.41) is 8.43. The summed E-state index contributed by atoms with van der Waals surface area (Å²) in [6, 6.07) is 13.7. The maximum atomic E-state index is 6.69. The van der Waals surface area contributed by atoms with E-state index in [2.05, 4.69) is 55.7 Å². The van der Waals surface area contributed by atoms with Crippen LogP contribution >= 0.6 is 20.8 Å². The fraction of sp³-hybridized carbons (Fsp3) is 0.414. The molecule has 0 spiro atoms. The minimum atomic E-state index is 0.449. The standard InChI is InChI=1S/C29H32ClN6OP/c1-35-11-10-17(13-35)16-37-29-33-26-22(28(34-29)36-14-19-8-9-20(15-36)32-19)12-31-25(27(26)38)21-6-2-4-18-5-3-7-23(30)24(18)21/h2-7,12,17,19-20,32H,8-11,13-16,38H2,1H3. The van der Waals surface area contributed by atoms with E-state index >= 15 is 0 Å². The second-order valence-electron chi connectivity index (χ2n) is 11.0. The number of nitrogens with one attached hydrogen (secondary N) is 1. The smallest absolute Gasteiger partial charge is 0.318 e. The lowest BCUT2D eigenvalue weighted by Gasteiger charge is -2.34. The van der Waals surface area contributed by atoms with Crippen molar-refractivity contribution < 1.29 is 4.74 Å².